The Balaban J connectivity index is 1.31. The number of benzene rings is 2. The zero-order valence-corrected chi connectivity index (χ0v) is 20.2. The molecular weight excluding hydrogens is 420 g/mol. The van der Waals surface area contributed by atoms with Crippen molar-refractivity contribution in [2.24, 2.45) is 0 Å². The highest BCUT2D eigenvalue weighted by Crippen LogP contribution is 2.24. The molecule has 2 fully saturated rings. The number of nitrogens with one attached hydrogen (secondary N) is 2. The highest BCUT2D eigenvalue weighted by molar-refractivity contribution is 7.80. The normalized spacial score (nSPS) is 26.0. The molecule has 32 heavy (non-hydrogen) atoms. The van der Waals surface area contributed by atoms with Crippen LogP contribution in [0.25, 0.3) is 0 Å². The summed E-state index contributed by atoms with van der Waals surface area (Å²) in [5, 5.41) is 7.13. The number of morpholine rings is 2. The van der Waals surface area contributed by atoms with Gasteiger partial charge in [-0.2, -0.15) is 0 Å². The molecule has 6 nitrogen and oxygen atoms in total. The summed E-state index contributed by atoms with van der Waals surface area (Å²) in [6.45, 7) is 12.1. The van der Waals surface area contributed by atoms with Crippen LogP contribution in [0.5, 0.6) is 0 Å². The maximum atomic E-state index is 5.83. The van der Waals surface area contributed by atoms with E-state index in [1.807, 2.05) is 0 Å². The van der Waals surface area contributed by atoms with E-state index in [0.29, 0.717) is 5.11 Å². The Morgan fingerprint density at radius 2 is 0.969 bits per heavy atom. The van der Waals surface area contributed by atoms with Crippen molar-refractivity contribution in [2.75, 3.05) is 46.6 Å². The first-order chi connectivity index (χ1) is 15.4. The lowest BCUT2D eigenvalue weighted by molar-refractivity contribution is -0.00548. The predicted molar refractivity (Wildman–Crippen MR) is 137 cm³/mol. The van der Waals surface area contributed by atoms with Gasteiger partial charge in [0.15, 0.2) is 5.11 Å². The second-order valence-corrected chi connectivity index (χ2v) is 9.41. The van der Waals surface area contributed by atoms with Crippen LogP contribution in [0.2, 0.25) is 0 Å². The van der Waals surface area contributed by atoms with E-state index in [9.17, 15) is 0 Å². The van der Waals surface area contributed by atoms with Crippen molar-refractivity contribution in [1.82, 2.24) is 0 Å². The molecule has 2 N–H and O–H groups in total. The molecule has 2 aliphatic heterocycles. The average molecular weight is 455 g/mol. The number of anilines is 4. The number of hydrogen-bond donors (Lipinski definition) is 2. The molecule has 0 amide bonds. The lowest BCUT2D eigenvalue weighted by Gasteiger charge is -2.37. The highest BCUT2D eigenvalue weighted by Gasteiger charge is 2.23. The summed E-state index contributed by atoms with van der Waals surface area (Å²) in [4.78, 5) is 4.74. The first kappa shape index (κ1) is 22.8. The summed E-state index contributed by atoms with van der Waals surface area (Å²) < 4.78 is 11.7. The van der Waals surface area contributed by atoms with Crippen LogP contribution in [-0.2, 0) is 9.47 Å². The van der Waals surface area contributed by atoms with E-state index in [-0.39, 0.29) is 24.4 Å². The maximum absolute atomic E-state index is 5.83. The molecule has 0 spiro atoms. The van der Waals surface area contributed by atoms with Crippen molar-refractivity contribution in [3.63, 3.8) is 0 Å². The van der Waals surface area contributed by atoms with Crippen molar-refractivity contribution in [1.29, 1.82) is 0 Å². The van der Waals surface area contributed by atoms with Gasteiger partial charge in [0.25, 0.3) is 0 Å². The van der Waals surface area contributed by atoms with Gasteiger partial charge in [0.2, 0.25) is 0 Å². The van der Waals surface area contributed by atoms with Crippen LogP contribution in [0, 0.1) is 0 Å². The van der Waals surface area contributed by atoms with Crippen LogP contribution in [0.4, 0.5) is 22.7 Å². The monoisotopic (exact) mass is 454 g/mol. The summed E-state index contributed by atoms with van der Waals surface area (Å²) in [5.41, 5.74) is 4.35. The van der Waals surface area contributed by atoms with E-state index in [4.69, 9.17) is 21.7 Å². The molecular formula is C25H34N4O2S. The van der Waals surface area contributed by atoms with Crippen molar-refractivity contribution < 1.29 is 9.47 Å². The summed E-state index contributed by atoms with van der Waals surface area (Å²) in [6.07, 6.45) is 0.981. The van der Waals surface area contributed by atoms with E-state index in [0.717, 1.165) is 37.6 Å². The molecule has 2 aromatic rings. The largest absolute Gasteiger partial charge is 0.372 e. The van der Waals surface area contributed by atoms with Crippen molar-refractivity contribution in [2.45, 2.75) is 52.1 Å². The van der Waals surface area contributed by atoms with E-state index in [1.54, 1.807) is 0 Å². The van der Waals surface area contributed by atoms with Crippen LogP contribution in [0.1, 0.15) is 27.7 Å². The minimum atomic E-state index is 0.245. The van der Waals surface area contributed by atoms with Gasteiger partial charge in [-0.3, -0.25) is 0 Å². The molecule has 4 atom stereocenters. The van der Waals surface area contributed by atoms with Gasteiger partial charge in [-0.25, -0.2) is 0 Å². The number of nitrogens with zero attached hydrogens (tertiary/aromatic N) is 2. The van der Waals surface area contributed by atoms with Crippen LogP contribution < -0.4 is 20.4 Å². The molecule has 0 aliphatic carbocycles. The molecule has 0 radical (unpaired) electrons. The number of thiocarbonyl (C=S) groups is 1. The van der Waals surface area contributed by atoms with E-state index < -0.39 is 0 Å². The van der Waals surface area contributed by atoms with Gasteiger partial charge in [0, 0.05) is 48.9 Å². The first-order valence-electron chi connectivity index (χ1n) is 11.4. The summed E-state index contributed by atoms with van der Waals surface area (Å²) >= 11 is 5.52. The van der Waals surface area contributed by atoms with Gasteiger partial charge in [0.1, 0.15) is 0 Å². The van der Waals surface area contributed by atoms with E-state index >= 15 is 0 Å². The molecule has 2 heterocycles. The van der Waals surface area contributed by atoms with Crippen LogP contribution in [0.3, 0.4) is 0 Å². The fourth-order valence-corrected chi connectivity index (χ4v) is 4.82. The highest BCUT2D eigenvalue weighted by atomic mass is 32.1. The Hall–Kier alpha value is -2.35. The Kier molecular flexibility index (Phi) is 7.18. The summed E-state index contributed by atoms with van der Waals surface area (Å²) in [7, 11) is 0. The minimum absolute atomic E-state index is 0.245. The van der Waals surface area contributed by atoms with E-state index in [1.165, 1.54) is 11.4 Å². The summed E-state index contributed by atoms with van der Waals surface area (Å²) in [5.74, 6) is 0. The lowest BCUT2D eigenvalue weighted by atomic mass is 10.2. The summed E-state index contributed by atoms with van der Waals surface area (Å²) in [6, 6.07) is 16.8. The molecule has 0 aromatic heterocycles. The minimum Gasteiger partial charge on any atom is -0.372 e. The van der Waals surface area contributed by atoms with E-state index in [2.05, 4.69) is 96.7 Å². The third kappa shape index (κ3) is 5.91. The van der Waals surface area contributed by atoms with Gasteiger partial charge < -0.3 is 29.9 Å². The number of hydrogen-bond acceptors (Lipinski definition) is 5. The fraction of sp³-hybridized carbons (Fsp3) is 0.480. The second kappa shape index (κ2) is 10.1. The molecule has 2 aromatic carbocycles. The van der Waals surface area contributed by atoms with Gasteiger partial charge in [-0.1, -0.05) is 0 Å². The van der Waals surface area contributed by atoms with Crippen molar-refractivity contribution >= 4 is 40.1 Å². The fourth-order valence-electron chi connectivity index (χ4n) is 4.58. The van der Waals surface area contributed by atoms with Crippen LogP contribution in [0.15, 0.2) is 48.5 Å². The molecule has 172 valence electrons. The zero-order chi connectivity index (χ0) is 22.7. The third-order valence-electron chi connectivity index (χ3n) is 5.82. The molecule has 2 aliphatic rings. The van der Waals surface area contributed by atoms with Crippen LogP contribution >= 0.6 is 12.2 Å². The molecule has 2 saturated heterocycles. The smallest absolute Gasteiger partial charge is 0.175 e. The topological polar surface area (TPSA) is 49.0 Å². The number of ether oxygens (including phenoxy) is 2. The number of rotatable bonds is 4. The molecule has 7 heteroatoms. The Morgan fingerprint density at radius 1 is 0.656 bits per heavy atom. The molecule has 0 unspecified atom stereocenters. The van der Waals surface area contributed by atoms with Gasteiger partial charge >= 0.3 is 0 Å². The Labute approximate surface area is 196 Å². The Bertz CT molecular complexity index is 812. The molecule has 0 bridgehead atoms. The van der Waals surface area contributed by atoms with Gasteiger partial charge in [-0.05, 0) is 88.4 Å². The predicted octanol–water partition coefficient (Wildman–Crippen LogP) is 4.72. The lowest BCUT2D eigenvalue weighted by Crippen LogP contribution is -2.45. The van der Waals surface area contributed by atoms with Crippen LogP contribution in [-0.4, -0.2) is 55.7 Å². The second-order valence-electron chi connectivity index (χ2n) is 9.00. The third-order valence-corrected chi connectivity index (χ3v) is 6.02. The Morgan fingerprint density at radius 3 is 1.28 bits per heavy atom. The standard InChI is InChI=1S/C25H34N4O2S/c1-17-13-28(14-18(2)30-17)23-9-5-21(6-10-23)26-25(32)27-22-7-11-24(12-8-22)29-15-19(3)31-20(4)16-29/h5-12,17-20H,13-16H2,1-4H3,(H2,26,27,32)/t17-,18-,19-,20+/m1/s1. The van der Waals surface area contributed by atoms with Crippen molar-refractivity contribution in [3.05, 3.63) is 48.5 Å². The van der Waals surface area contributed by atoms with Gasteiger partial charge in [-0.15, -0.1) is 0 Å². The van der Waals surface area contributed by atoms with Gasteiger partial charge in [0.05, 0.1) is 24.4 Å². The van der Waals surface area contributed by atoms with Crippen molar-refractivity contribution in [3.8, 4) is 0 Å². The SMILES string of the molecule is C[C@@H]1CN(c2ccc(NC(=S)Nc3ccc(N4C[C@@H](C)O[C@@H](C)C4)cc3)cc2)C[C@@H](C)O1. The maximum Gasteiger partial charge on any atom is 0.175 e. The zero-order valence-electron chi connectivity index (χ0n) is 19.4. The first-order valence-corrected chi connectivity index (χ1v) is 11.9. The molecule has 0 saturated carbocycles. The average Bonchev–Trinajstić information content (AvgIpc) is 2.73. The molecule has 4 rings (SSSR count). The quantitative estimate of drug-likeness (QED) is 0.648.